The summed E-state index contributed by atoms with van der Waals surface area (Å²) in [4.78, 5) is 95.5. The maximum Gasteiger partial charge on any atom is 0.308 e. The molecule has 0 unspecified atom stereocenters. The van der Waals surface area contributed by atoms with Crippen LogP contribution in [0.1, 0.15) is 173 Å². The second-order valence-electron chi connectivity index (χ2n) is 17.4. The van der Waals surface area contributed by atoms with Gasteiger partial charge in [0.25, 0.3) is 0 Å². The molecule has 22 heteroatoms. The molecule has 0 aromatic heterocycles. The molecule has 0 aromatic carbocycles. The molecule has 0 saturated carbocycles. The minimum atomic E-state index is -1.18. The number of Topliss-reactive ketones (excluding diaryl/α,β-unsaturated/α-hetero) is 2. The zero-order valence-electron chi connectivity index (χ0n) is 39.5. The Morgan fingerprint density at radius 3 is 1.38 bits per heavy atom. The number of amides is 2. The van der Waals surface area contributed by atoms with Gasteiger partial charge in [0.1, 0.15) is 12.4 Å². The van der Waals surface area contributed by atoms with E-state index < -0.39 is 47.4 Å². The van der Waals surface area contributed by atoms with Crippen molar-refractivity contribution in [3.05, 3.63) is 0 Å². The number of carbonyl (C=O) groups is 8. The molecule has 2 saturated heterocycles. The molecule has 68 heavy (non-hydrogen) atoms. The average molecular weight is 1070 g/mol. The van der Waals surface area contributed by atoms with Crippen LogP contribution < -0.4 is 10.6 Å². The molecule has 2 rings (SSSR count). The quantitative estimate of drug-likeness (QED) is 0.0188. The molecular weight excluding hydrogens is 997 g/mol. The Kier molecular flexibility index (Phi) is 35.6. The lowest BCUT2D eigenvalue weighted by atomic mass is 9.94. The standard InChI is InChI=1S/C46H76N2O14S6/c49-36(19-15-13-11-9-7-5-3-1-2-4-6-8-10-12-14-16-21-41(53)54)31-34(42(55)56)22-25-40(52)48-27-28-61-29-30-62-33-37(50)32-35(43(57)58)23-24-39(51)47-26-18-17-20-38(44(59)60)45-63-65-46(66-64-45)67-68-46/h34-35,38,45H,1-33H2,(H,47,51)(H,48,52)(H,53,54)(H,55,56)(H,57,58)(H,59,60)/t34-,35-,38+/m1/s1. The zero-order valence-corrected chi connectivity index (χ0v) is 44.4. The molecule has 0 aromatic rings. The number of ketones is 2. The molecular formula is C46H76N2O14S6. The molecule has 2 heterocycles. The van der Waals surface area contributed by atoms with Crippen LogP contribution in [0.5, 0.6) is 0 Å². The van der Waals surface area contributed by atoms with Gasteiger partial charge in [0.15, 0.2) is 8.53 Å². The van der Waals surface area contributed by atoms with Crippen LogP contribution in [0.2, 0.25) is 0 Å². The molecule has 2 aliphatic heterocycles. The van der Waals surface area contributed by atoms with Crippen LogP contribution in [0.15, 0.2) is 0 Å². The highest BCUT2D eigenvalue weighted by molar-refractivity contribution is 9.14. The van der Waals surface area contributed by atoms with Crippen molar-refractivity contribution < 1.29 is 68.3 Å². The third kappa shape index (κ3) is 32.2. The summed E-state index contributed by atoms with van der Waals surface area (Å²) in [5.74, 6) is -7.47. The van der Waals surface area contributed by atoms with Gasteiger partial charge in [-0.2, -0.15) is 0 Å². The Balaban J connectivity index is 1.41. The van der Waals surface area contributed by atoms with E-state index in [9.17, 15) is 53.7 Å². The number of rotatable bonds is 46. The predicted octanol–water partition coefficient (Wildman–Crippen LogP) is 10.2. The van der Waals surface area contributed by atoms with Gasteiger partial charge in [-0.15, -0.1) is 0 Å². The molecule has 6 N–H and O–H groups in total. The number of unbranched alkanes of at least 4 members (excludes halogenated alkanes) is 16. The summed E-state index contributed by atoms with van der Waals surface area (Å²) in [5, 5.41) is 43.0. The second-order valence-corrected chi connectivity index (χ2v) is 26.9. The maximum absolute atomic E-state index is 12.5. The van der Waals surface area contributed by atoms with Crippen molar-refractivity contribution >= 4 is 112 Å². The fraction of sp³-hybridized carbons (Fsp3) is 0.826. The van der Waals surface area contributed by atoms with Crippen LogP contribution in [0.3, 0.4) is 0 Å². The van der Waals surface area contributed by atoms with E-state index in [1.165, 1.54) is 57.8 Å². The molecule has 2 amide bonds. The van der Waals surface area contributed by atoms with Gasteiger partial charge in [-0.3, -0.25) is 38.4 Å². The van der Waals surface area contributed by atoms with Crippen LogP contribution >= 0.6 is 64.8 Å². The Labute approximate surface area is 426 Å². The Bertz CT molecular complexity index is 1520. The molecule has 0 radical (unpaired) electrons. The molecule has 2 aliphatic rings. The topological polar surface area (TPSA) is 260 Å². The van der Waals surface area contributed by atoms with E-state index in [0.29, 0.717) is 32.2 Å². The lowest BCUT2D eigenvalue weighted by molar-refractivity contribution is -0.145. The Morgan fingerprint density at radius 1 is 0.456 bits per heavy atom. The van der Waals surface area contributed by atoms with E-state index in [-0.39, 0.29) is 103 Å². The van der Waals surface area contributed by atoms with Crippen LogP contribution in [-0.4, -0.2) is 115 Å². The summed E-state index contributed by atoms with van der Waals surface area (Å²) in [5.41, 5.74) is 0. The van der Waals surface area contributed by atoms with Crippen molar-refractivity contribution in [2.45, 2.75) is 181 Å². The van der Waals surface area contributed by atoms with Gasteiger partial charge in [-0.05, 0) is 60.1 Å². The summed E-state index contributed by atoms with van der Waals surface area (Å²) in [7, 11) is 10.3. The number of ether oxygens (including phenoxy) is 2. The third-order valence-corrected chi connectivity index (χ3v) is 25.4. The van der Waals surface area contributed by atoms with Crippen molar-refractivity contribution in [3.63, 3.8) is 0 Å². The highest BCUT2D eigenvalue weighted by atomic mass is 33.2. The average Bonchev–Trinajstić information content (AvgIpc) is 4.06. The number of nitrogens with one attached hydrogen (secondary N) is 2. The summed E-state index contributed by atoms with van der Waals surface area (Å²) in [6.07, 6.45) is 19.8. The fourth-order valence-corrected chi connectivity index (χ4v) is 21.3. The van der Waals surface area contributed by atoms with E-state index in [1.807, 2.05) is 0 Å². The highest BCUT2D eigenvalue weighted by Crippen LogP contribution is 2.84. The first kappa shape index (κ1) is 62.3. The zero-order chi connectivity index (χ0) is 49.8. The Hall–Kier alpha value is -1.82. The first-order valence-corrected chi connectivity index (χ1v) is 31.0. The molecule has 1 spiro atoms. The van der Waals surface area contributed by atoms with E-state index >= 15 is 0 Å². The number of hydrogen-bond donors (Lipinski definition) is 6. The smallest absolute Gasteiger partial charge is 0.308 e. The minimum Gasteiger partial charge on any atom is -0.481 e. The van der Waals surface area contributed by atoms with Gasteiger partial charge < -0.3 is 40.5 Å². The number of aliphatic carboxylic acids is 4. The summed E-state index contributed by atoms with van der Waals surface area (Å²) < 4.78 is 10.8. The van der Waals surface area contributed by atoms with Gasteiger partial charge >= 0.3 is 23.9 Å². The summed E-state index contributed by atoms with van der Waals surface area (Å²) >= 11 is 0. The van der Waals surface area contributed by atoms with Crippen molar-refractivity contribution in [2.24, 2.45) is 17.8 Å². The first-order chi connectivity index (χ1) is 32.7. The van der Waals surface area contributed by atoms with E-state index in [2.05, 4.69) is 10.6 Å². The lowest BCUT2D eigenvalue weighted by Crippen LogP contribution is -2.29. The monoisotopic (exact) mass is 1070 g/mol. The van der Waals surface area contributed by atoms with E-state index in [1.54, 1.807) is 64.8 Å². The molecule has 0 aliphatic carbocycles. The molecule has 3 atom stereocenters. The van der Waals surface area contributed by atoms with Crippen LogP contribution in [-0.2, 0) is 47.8 Å². The summed E-state index contributed by atoms with van der Waals surface area (Å²) in [6, 6.07) is 0. The third-order valence-electron chi connectivity index (χ3n) is 11.5. The lowest BCUT2D eigenvalue weighted by Gasteiger charge is -2.27. The normalized spacial score (nSPS) is 15.6. The van der Waals surface area contributed by atoms with Crippen molar-refractivity contribution in [2.75, 3.05) is 39.5 Å². The molecule has 0 bridgehead atoms. The fourth-order valence-electron chi connectivity index (χ4n) is 7.42. The van der Waals surface area contributed by atoms with Gasteiger partial charge in [0.05, 0.1) is 42.2 Å². The molecule has 390 valence electrons. The van der Waals surface area contributed by atoms with Gasteiger partial charge in [-0.1, -0.05) is 139 Å². The SMILES string of the molecule is O=C(O)CCCCCCCCCCCCCCCCCCC(=O)C[C@@H](CCC(=O)NCCOCCOCC(=O)C[C@@H](CCC(=O)NCCCC[C@@H](C(=O)O)C1SSC2(SS1)SS2)C(=O)O)C(=O)O. The number of carbonyl (C=O) groups excluding carboxylic acids is 4. The highest BCUT2D eigenvalue weighted by Gasteiger charge is 2.53. The van der Waals surface area contributed by atoms with E-state index in [4.69, 9.17) is 14.6 Å². The predicted molar refractivity (Wildman–Crippen MR) is 275 cm³/mol. The van der Waals surface area contributed by atoms with Crippen LogP contribution in [0, 0.1) is 17.8 Å². The van der Waals surface area contributed by atoms with Gasteiger partial charge in [-0.25, -0.2) is 0 Å². The maximum atomic E-state index is 12.5. The number of carboxylic acid groups (broad SMARTS) is 4. The van der Waals surface area contributed by atoms with Gasteiger partial charge in [0.2, 0.25) is 11.8 Å². The van der Waals surface area contributed by atoms with Crippen molar-refractivity contribution in [3.8, 4) is 0 Å². The Morgan fingerprint density at radius 2 is 0.912 bits per heavy atom. The minimum absolute atomic E-state index is 0.0195. The molecule has 16 nitrogen and oxygen atoms in total. The number of hydrogen-bond acceptors (Lipinski definition) is 16. The van der Waals surface area contributed by atoms with Crippen LogP contribution in [0.4, 0.5) is 0 Å². The van der Waals surface area contributed by atoms with Crippen molar-refractivity contribution in [1.82, 2.24) is 10.6 Å². The summed E-state index contributed by atoms with van der Waals surface area (Å²) in [6.45, 7) is 0.518. The van der Waals surface area contributed by atoms with Crippen LogP contribution in [0.25, 0.3) is 0 Å². The largest absolute Gasteiger partial charge is 0.481 e. The van der Waals surface area contributed by atoms with E-state index in [0.717, 1.165) is 44.9 Å². The number of carboxylic acids is 4. The molecule has 2 fully saturated rings. The van der Waals surface area contributed by atoms with Crippen molar-refractivity contribution in [1.29, 1.82) is 0 Å². The first-order valence-electron chi connectivity index (χ1n) is 24.4. The van der Waals surface area contributed by atoms with Gasteiger partial charge in [0, 0.05) is 51.6 Å². The second kappa shape index (κ2) is 38.8.